The summed E-state index contributed by atoms with van der Waals surface area (Å²) < 4.78 is 4.91. The second kappa shape index (κ2) is 21.7. The van der Waals surface area contributed by atoms with E-state index in [0.29, 0.717) is 6.61 Å². The third-order valence-electron chi connectivity index (χ3n) is 3.52. The standard InChI is InChI=1S/C25H36O2/c1-3-5-6-7-8-9-10-11-12-13-14-15-16-17-18-19-20-21-22-23-24-27-25(26)4-2/h4-6,8-9,11-12,14-15,17-18,20-21H,2-3,7,10,13,16,19,22-24H2,1H3/b6-5-,9-8-,12-11-,15-14-,18-17-,21-20-. The lowest BCUT2D eigenvalue weighted by atomic mass is 10.2. The summed E-state index contributed by atoms with van der Waals surface area (Å²) in [6, 6.07) is 0. The van der Waals surface area contributed by atoms with Gasteiger partial charge in [-0.25, -0.2) is 4.79 Å². The van der Waals surface area contributed by atoms with Crippen LogP contribution in [-0.4, -0.2) is 12.6 Å². The van der Waals surface area contributed by atoms with Crippen molar-refractivity contribution in [3.8, 4) is 0 Å². The van der Waals surface area contributed by atoms with E-state index < -0.39 is 0 Å². The highest BCUT2D eigenvalue weighted by Crippen LogP contribution is 1.98. The van der Waals surface area contributed by atoms with Crippen molar-refractivity contribution in [2.45, 2.75) is 58.3 Å². The van der Waals surface area contributed by atoms with E-state index in [-0.39, 0.29) is 5.97 Å². The molecule has 0 aliphatic heterocycles. The Bertz CT molecular complexity index is 531. The van der Waals surface area contributed by atoms with Gasteiger partial charge in [-0.15, -0.1) is 0 Å². The van der Waals surface area contributed by atoms with Crippen LogP contribution >= 0.6 is 0 Å². The summed E-state index contributed by atoms with van der Waals surface area (Å²) in [5.41, 5.74) is 0. The van der Waals surface area contributed by atoms with Crippen LogP contribution in [0.3, 0.4) is 0 Å². The highest BCUT2D eigenvalue weighted by atomic mass is 16.5. The van der Waals surface area contributed by atoms with Crippen LogP contribution in [0.15, 0.2) is 85.6 Å². The molecule has 0 aliphatic rings. The largest absolute Gasteiger partial charge is 0.463 e. The van der Waals surface area contributed by atoms with E-state index in [1.165, 1.54) is 6.08 Å². The van der Waals surface area contributed by atoms with E-state index in [1.807, 2.05) is 0 Å². The lowest BCUT2D eigenvalue weighted by Gasteiger charge is -1.98. The zero-order valence-electron chi connectivity index (χ0n) is 16.9. The predicted molar refractivity (Wildman–Crippen MR) is 119 cm³/mol. The average molecular weight is 369 g/mol. The molecule has 0 saturated heterocycles. The maximum Gasteiger partial charge on any atom is 0.330 e. The molecule has 0 aromatic carbocycles. The maximum absolute atomic E-state index is 10.8. The Hall–Kier alpha value is -2.35. The Labute approximate surface area is 166 Å². The molecular weight excluding hydrogens is 332 g/mol. The van der Waals surface area contributed by atoms with Gasteiger partial charge >= 0.3 is 5.97 Å². The van der Waals surface area contributed by atoms with Gasteiger partial charge in [0, 0.05) is 6.08 Å². The Balaban J connectivity index is 3.50. The molecule has 0 saturated carbocycles. The zero-order chi connectivity index (χ0) is 19.8. The molecule has 0 spiro atoms. The van der Waals surface area contributed by atoms with Crippen LogP contribution in [0.1, 0.15) is 58.3 Å². The third kappa shape index (κ3) is 21.6. The number of carbonyl (C=O) groups excluding carboxylic acids is 1. The fourth-order valence-corrected chi connectivity index (χ4v) is 2.07. The second-order valence-corrected chi connectivity index (χ2v) is 5.93. The summed E-state index contributed by atoms with van der Waals surface area (Å²) >= 11 is 0. The van der Waals surface area contributed by atoms with E-state index >= 15 is 0 Å². The van der Waals surface area contributed by atoms with Crippen LogP contribution in [0.25, 0.3) is 0 Å². The summed E-state index contributed by atoms with van der Waals surface area (Å²) in [6.07, 6.45) is 35.3. The predicted octanol–water partition coefficient (Wildman–Crippen LogP) is 7.19. The van der Waals surface area contributed by atoms with Gasteiger partial charge in [-0.3, -0.25) is 0 Å². The number of allylic oxidation sites excluding steroid dienone is 12. The van der Waals surface area contributed by atoms with E-state index in [0.717, 1.165) is 51.4 Å². The van der Waals surface area contributed by atoms with E-state index in [1.54, 1.807) is 0 Å². The molecule has 0 aliphatic carbocycles. The quantitative estimate of drug-likeness (QED) is 0.125. The van der Waals surface area contributed by atoms with Gasteiger partial charge in [0.15, 0.2) is 0 Å². The summed E-state index contributed by atoms with van der Waals surface area (Å²) in [5, 5.41) is 0. The molecule has 0 unspecified atom stereocenters. The summed E-state index contributed by atoms with van der Waals surface area (Å²) in [4.78, 5) is 10.8. The number of rotatable bonds is 16. The molecule has 0 aromatic rings. The summed E-state index contributed by atoms with van der Waals surface area (Å²) in [5.74, 6) is -0.349. The molecule has 2 nitrogen and oxygen atoms in total. The van der Waals surface area contributed by atoms with Crippen LogP contribution < -0.4 is 0 Å². The first-order chi connectivity index (χ1) is 13.3. The van der Waals surface area contributed by atoms with Gasteiger partial charge in [0.05, 0.1) is 6.61 Å². The van der Waals surface area contributed by atoms with Crippen LogP contribution in [0.4, 0.5) is 0 Å². The second-order valence-electron chi connectivity index (χ2n) is 5.93. The highest BCUT2D eigenvalue weighted by molar-refractivity contribution is 5.81. The van der Waals surface area contributed by atoms with E-state index in [2.05, 4.69) is 86.4 Å². The first kappa shape index (κ1) is 24.7. The lowest BCUT2D eigenvalue weighted by Crippen LogP contribution is -2.00. The molecule has 0 fully saturated rings. The molecule has 0 aromatic heterocycles. The maximum atomic E-state index is 10.8. The number of hydrogen-bond donors (Lipinski definition) is 0. The van der Waals surface area contributed by atoms with Gasteiger partial charge in [0.2, 0.25) is 0 Å². The van der Waals surface area contributed by atoms with Crippen molar-refractivity contribution < 1.29 is 9.53 Å². The first-order valence-electron chi connectivity index (χ1n) is 10.00. The molecule has 148 valence electrons. The smallest absolute Gasteiger partial charge is 0.330 e. The van der Waals surface area contributed by atoms with Gasteiger partial charge in [0.1, 0.15) is 0 Å². The average Bonchev–Trinajstić information content (AvgIpc) is 2.68. The molecule has 0 rings (SSSR count). The highest BCUT2D eigenvalue weighted by Gasteiger charge is 1.92. The number of esters is 1. The summed E-state index contributed by atoms with van der Waals surface area (Å²) in [6.45, 7) is 5.97. The van der Waals surface area contributed by atoms with E-state index in [4.69, 9.17) is 4.74 Å². The zero-order valence-corrected chi connectivity index (χ0v) is 16.9. The molecule has 0 radical (unpaired) electrons. The van der Waals surface area contributed by atoms with Crippen molar-refractivity contribution in [1.29, 1.82) is 0 Å². The molecule has 0 atom stereocenters. The van der Waals surface area contributed by atoms with Crippen molar-refractivity contribution in [1.82, 2.24) is 0 Å². The Morgan fingerprint density at radius 3 is 1.52 bits per heavy atom. The van der Waals surface area contributed by atoms with Gasteiger partial charge in [0.25, 0.3) is 0 Å². The number of ether oxygens (including phenoxy) is 1. The molecular formula is C25H36O2. The molecule has 0 amide bonds. The SMILES string of the molecule is C=CC(=O)OCCC/C=C\C/C=C\C/C=C\C/C=C\C/C=C\C/C=C\CC. The van der Waals surface area contributed by atoms with Gasteiger partial charge in [-0.1, -0.05) is 86.4 Å². The Kier molecular flexibility index (Phi) is 19.8. The number of unbranched alkanes of at least 4 members (excludes halogenated alkanes) is 1. The van der Waals surface area contributed by atoms with E-state index in [9.17, 15) is 4.79 Å². The molecule has 0 heterocycles. The molecule has 0 bridgehead atoms. The van der Waals surface area contributed by atoms with Gasteiger partial charge in [-0.05, 0) is 51.4 Å². The Morgan fingerprint density at radius 2 is 1.11 bits per heavy atom. The van der Waals surface area contributed by atoms with Crippen LogP contribution in [0, 0.1) is 0 Å². The number of carbonyl (C=O) groups is 1. The fourth-order valence-electron chi connectivity index (χ4n) is 2.07. The van der Waals surface area contributed by atoms with Crippen molar-refractivity contribution in [2.75, 3.05) is 6.61 Å². The Morgan fingerprint density at radius 1 is 0.704 bits per heavy atom. The molecule has 27 heavy (non-hydrogen) atoms. The molecule has 2 heteroatoms. The minimum atomic E-state index is -0.349. The van der Waals surface area contributed by atoms with Crippen molar-refractivity contribution in [2.24, 2.45) is 0 Å². The topological polar surface area (TPSA) is 26.3 Å². The van der Waals surface area contributed by atoms with Gasteiger partial charge in [-0.2, -0.15) is 0 Å². The van der Waals surface area contributed by atoms with Crippen molar-refractivity contribution >= 4 is 5.97 Å². The summed E-state index contributed by atoms with van der Waals surface area (Å²) in [7, 11) is 0. The lowest BCUT2D eigenvalue weighted by molar-refractivity contribution is -0.137. The third-order valence-corrected chi connectivity index (χ3v) is 3.52. The van der Waals surface area contributed by atoms with Crippen LogP contribution in [-0.2, 0) is 9.53 Å². The first-order valence-corrected chi connectivity index (χ1v) is 10.00. The van der Waals surface area contributed by atoms with Crippen molar-refractivity contribution in [3.05, 3.63) is 85.6 Å². The molecule has 0 N–H and O–H groups in total. The normalized spacial score (nSPS) is 12.6. The van der Waals surface area contributed by atoms with Crippen LogP contribution in [0.2, 0.25) is 0 Å². The number of hydrogen-bond acceptors (Lipinski definition) is 2. The monoisotopic (exact) mass is 368 g/mol. The van der Waals surface area contributed by atoms with Crippen molar-refractivity contribution in [3.63, 3.8) is 0 Å². The van der Waals surface area contributed by atoms with Crippen LogP contribution in [0.5, 0.6) is 0 Å². The minimum absolute atomic E-state index is 0.349. The minimum Gasteiger partial charge on any atom is -0.463 e. The fraction of sp³-hybridized carbons (Fsp3) is 0.400. The van der Waals surface area contributed by atoms with Gasteiger partial charge < -0.3 is 4.74 Å².